The second-order valence-electron chi connectivity index (χ2n) is 5.59. The minimum absolute atomic E-state index is 0.367. The van der Waals surface area contributed by atoms with Gasteiger partial charge in [-0.15, -0.1) is 0 Å². The zero-order chi connectivity index (χ0) is 12.3. The lowest BCUT2D eigenvalue weighted by Crippen LogP contribution is -2.39. The monoisotopic (exact) mass is 236 g/mol. The number of aryl methyl sites for hydroxylation is 1. The van der Waals surface area contributed by atoms with Crippen molar-refractivity contribution in [3.63, 3.8) is 0 Å². The lowest BCUT2D eigenvalue weighted by molar-refractivity contribution is 0.178. The summed E-state index contributed by atoms with van der Waals surface area (Å²) in [5, 5.41) is 0. The zero-order valence-electron chi connectivity index (χ0n) is 11.0. The third kappa shape index (κ3) is 2.90. The summed E-state index contributed by atoms with van der Waals surface area (Å²) in [6, 6.07) is 2.07. The van der Waals surface area contributed by atoms with Crippen molar-refractivity contribution < 1.29 is 4.42 Å². The van der Waals surface area contributed by atoms with E-state index in [1.165, 1.54) is 31.2 Å². The van der Waals surface area contributed by atoms with Crippen LogP contribution in [-0.4, -0.2) is 25.0 Å². The first kappa shape index (κ1) is 12.7. The highest BCUT2D eigenvalue weighted by atomic mass is 16.3. The van der Waals surface area contributed by atoms with Gasteiger partial charge in [-0.05, 0) is 44.8 Å². The van der Waals surface area contributed by atoms with Gasteiger partial charge in [-0.3, -0.25) is 0 Å². The van der Waals surface area contributed by atoms with Crippen molar-refractivity contribution in [3.05, 3.63) is 23.7 Å². The van der Waals surface area contributed by atoms with Crippen LogP contribution in [0.25, 0.3) is 0 Å². The maximum Gasteiger partial charge on any atom is 0.105 e. The van der Waals surface area contributed by atoms with E-state index < -0.39 is 0 Å². The summed E-state index contributed by atoms with van der Waals surface area (Å²) in [7, 11) is 2.18. The largest absolute Gasteiger partial charge is 0.469 e. The molecule has 0 amide bonds. The molecule has 0 aromatic carbocycles. The SMILES string of the molecule is Cc1occc1CN(C)CC1(CN)CCCC1. The third-order valence-corrected chi connectivity index (χ3v) is 4.11. The van der Waals surface area contributed by atoms with Crippen LogP contribution in [0.5, 0.6) is 0 Å². The molecule has 0 saturated heterocycles. The van der Waals surface area contributed by atoms with E-state index in [1.807, 2.05) is 6.92 Å². The molecule has 2 N–H and O–H groups in total. The number of hydrogen-bond acceptors (Lipinski definition) is 3. The lowest BCUT2D eigenvalue weighted by Gasteiger charge is -2.32. The standard InChI is InChI=1S/C14H24N2O/c1-12-13(5-8-17-12)9-16(2)11-14(10-15)6-3-4-7-14/h5,8H,3-4,6-7,9-11,15H2,1-2H3. The minimum atomic E-state index is 0.367. The number of hydrogen-bond donors (Lipinski definition) is 1. The van der Waals surface area contributed by atoms with E-state index in [-0.39, 0.29) is 0 Å². The van der Waals surface area contributed by atoms with Gasteiger partial charge in [0.15, 0.2) is 0 Å². The molecule has 0 bridgehead atoms. The Morgan fingerprint density at radius 3 is 2.65 bits per heavy atom. The molecule has 0 atom stereocenters. The van der Waals surface area contributed by atoms with Crippen molar-refractivity contribution in [2.45, 2.75) is 39.2 Å². The fourth-order valence-corrected chi connectivity index (χ4v) is 3.05. The Bertz CT molecular complexity index is 353. The van der Waals surface area contributed by atoms with Crippen LogP contribution in [0, 0.1) is 12.3 Å². The van der Waals surface area contributed by atoms with Crippen LogP contribution in [0.3, 0.4) is 0 Å². The van der Waals surface area contributed by atoms with E-state index in [9.17, 15) is 0 Å². The predicted octanol–water partition coefficient (Wildman–Crippen LogP) is 2.54. The van der Waals surface area contributed by atoms with Crippen LogP contribution in [0.15, 0.2) is 16.7 Å². The van der Waals surface area contributed by atoms with Crippen LogP contribution in [0.2, 0.25) is 0 Å². The molecule has 1 aliphatic carbocycles. The molecule has 1 aromatic heterocycles. The molecule has 1 heterocycles. The molecule has 1 aromatic rings. The first-order valence-electron chi connectivity index (χ1n) is 6.57. The molecule has 0 aliphatic heterocycles. The molecule has 1 aliphatic rings. The summed E-state index contributed by atoms with van der Waals surface area (Å²) in [6.45, 7) is 4.91. The van der Waals surface area contributed by atoms with Crippen molar-refractivity contribution in [2.24, 2.45) is 11.1 Å². The van der Waals surface area contributed by atoms with Gasteiger partial charge in [0.2, 0.25) is 0 Å². The number of nitrogens with two attached hydrogens (primary N) is 1. The first-order chi connectivity index (χ1) is 8.15. The molecular formula is C14H24N2O. The summed E-state index contributed by atoms with van der Waals surface area (Å²) in [5.74, 6) is 1.03. The van der Waals surface area contributed by atoms with Gasteiger partial charge in [0.05, 0.1) is 6.26 Å². The Labute approximate surface area is 104 Å². The van der Waals surface area contributed by atoms with Crippen molar-refractivity contribution in [1.29, 1.82) is 0 Å². The molecule has 1 saturated carbocycles. The summed E-state index contributed by atoms with van der Waals surface area (Å²) in [4.78, 5) is 2.38. The highest BCUT2D eigenvalue weighted by molar-refractivity contribution is 5.15. The average molecular weight is 236 g/mol. The van der Waals surface area contributed by atoms with Crippen LogP contribution in [0.4, 0.5) is 0 Å². The van der Waals surface area contributed by atoms with E-state index in [0.29, 0.717) is 5.41 Å². The Balaban J connectivity index is 1.92. The highest BCUT2D eigenvalue weighted by Crippen LogP contribution is 2.37. The normalized spacial score (nSPS) is 19.1. The van der Waals surface area contributed by atoms with Crippen LogP contribution < -0.4 is 5.73 Å². The molecule has 2 rings (SSSR count). The summed E-state index contributed by atoms with van der Waals surface area (Å²) in [5.41, 5.74) is 7.63. The maximum absolute atomic E-state index is 5.98. The molecular weight excluding hydrogens is 212 g/mol. The van der Waals surface area contributed by atoms with Gasteiger partial charge in [-0.25, -0.2) is 0 Å². The topological polar surface area (TPSA) is 42.4 Å². The minimum Gasteiger partial charge on any atom is -0.469 e. The second-order valence-corrected chi connectivity index (χ2v) is 5.59. The van der Waals surface area contributed by atoms with Crippen molar-refractivity contribution in [3.8, 4) is 0 Å². The molecule has 17 heavy (non-hydrogen) atoms. The van der Waals surface area contributed by atoms with Crippen LogP contribution in [0.1, 0.15) is 37.0 Å². The van der Waals surface area contributed by atoms with Gasteiger partial charge >= 0.3 is 0 Å². The Morgan fingerprint density at radius 2 is 2.12 bits per heavy atom. The number of furan rings is 1. The van der Waals surface area contributed by atoms with Gasteiger partial charge < -0.3 is 15.1 Å². The smallest absolute Gasteiger partial charge is 0.105 e. The molecule has 96 valence electrons. The van der Waals surface area contributed by atoms with E-state index in [2.05, 4.69) is 18.0 Å². The predicted molar refractivity (Wildman–Crippen MR) is 69.7 cm³/mol. The highest BCUT2D eigenvalue weighted by Gasteiger charge is 2.33. The number of rotatable bonds is 5. The van der Waals surface area contributed by atoms with E-state index in [1.54, 1.807) is 6.26 Å². The first-order valence-corrected chi connectivity index (χ1v) is 6.57. The summed E-state index contributed by atoms with van der Waals surface area (Å²) in [6.07, 6.45) is 7.04. The Hall–Kier alpha value is -0.800. The zero-order valence-corrected chi connectivity index (χ0v) is 11.0. The van der Waals surface area contributed by atoms with Gasteiger partial charge in [0.25, 0.3) is 0 Å². The fraction of sp³-hybridized carbons (Fsp3) is 0.714. The number of nitrogens with zero attached hydrogens (tertiary/aromatic N) is 1. The van der Waals surface area contributed by atoms with Gasteiger partial charge in [-0.1, -0.05) is 12.8 Å². The summed E-state index contributed by atoms with van der Waals surface area (Å²) < 4.78 is 5.34. The Kier molecular flexibility index (Phi) is 3.89. The third-order valence-electron chi connectivity index (χ3n) is 4.11. The summed E-state index contributed by atoms with van der Waals surface area (Å²) >= 11 is 0. The molecule has 1 fully saturated rings. The van der Waals surface area contributed by atoms with Crippen molar-refractivity contribution in [1.82, 2.24) is 4.90 Å². The molecule has 3 nitrogen and oxygen atoms in total. The van der Waals surface area contributed by atoms with Gasteiger partial charge in [0.1, 0.15) is 5.76 Å². The molecule has 0 unspecified atom stereocenters. The molecule has 3 heteroatoms. The quantitative estimate of drug-likeness (QED) is 0.854. The van der Waals surface area contributed by atoms with Gasteiger partial charge in [0, 0.05) is 18.7 Å². The van der Waals surface area contributed by atoms with Gasteiger partial charge in [-0.2, -0.15) is 0 Å². The van der Waals surface area contributed by atoms with E-state index >= 15 is 0 Å². The second kappa shape index (κ2) is 5.23. The lowest BCUT2D eigenvalue weighted by atomic mass is 9.86. The fourth-order valence-electron chi connectivity index (χ4n) is 3.05. The van der Waals surface area contributed by atoms with Crippen molar-refractivity contribution >= 4 is 0 Å². The molecule has 0 spiro atoms. The Morgan fingerprint density at radius 1 is 1.41 bits per heavy atom. The van der Waals surface area contributed by atoms with E-state index in [4.69, 9.17) is 10.2 Å². The van der Waals surface area contributed by atoms with Crippen LogP contribution >= 0.6 is 0 Å². The van der Waals surface area contributed by atoms with E-state index in [0.717, 1.165) is 25.4 Å². The molecule has 0 radical (unpaired) electrons. The average Bonchev–Trinajstić information content (AvgIpc) is 2.90. The van der Waals surface area contributed by atoms with Crippen molar-refractivity contribution in [2.75, 3.05) is 20.1 Å². The van der Waals surface area contributed by atoms with Crippen LogP contribution in [-0.2, 0) is 6.54 Å². The maximum atomic E-state index is 5.98.